The van der Waals surface area contributed by atoms with Gasteiger partial charge in [0, 0.05) is 11.9 Å². The Kier molecular flexibility index (Phi) is 0.910. The number of nitrogens with zero attached hydrogens (tertiary/aromatic N) is 1. The fourth-order valence-corrected chi connectivity index (χ4v) is 0.335. The van der Waals surface area contributed by atoms with Crippen LogP contribution in [0.3, 0.4) is 0 Å². The Labute approximate surface area is 41.4 Å². The first-order valence-corrected chi connectivity index (χ1v) is 1.97. The summed E-state index contributed by atoms with van der Waals surface area (Å²) >= 11 is 0. The summed E-state index contributed by atoms with van der Waals surface area (Å²) < 4.78 is 0. The Bertz CT molecular complexity index is 178. The maximum atomic E-state index is 6.94. The van der Waals surface area contributed by atoms with Crippen molar-refractivity contribution in [3.8, 4) is 0 Å². The van der Waals surface area contributed by atoms with Crippen LogP contribution >= 0.6 is 0 Å². The molecule has 0 bridgehead atoms. The van der Waals surface area contributed by atoms with Crippen LogP contribution in [-0.4, -0.2) is 18.1 Å². The van der Waals surface area contributed by atoms with Crippen molar-refractivity contribution in [3.05, 3.63) is 11.8 Å². The largest absolute Gasteiger partial charge is 0.303 e. The fourth-order valence-electron chi connectivity index (χ4n) is 0.335. The lowest BCUT2D eigenvalue weighted by molar-refractivity contribution is 1.28. The summed E-state index contributed by atoms with van der Waals surface area (Å²) in [6.45, 7) is 0.465. The van der Waals surface area contributed by atoms with Gasteiger partial charge in [0.25, 0.3) is 0 Å². The zero-order valence-electron chi connectivity index (χ0n) is 3.73. The molecule has 0 aromatic carbocycles. The Morgan fingerprint density at radius 3 is 3.00 bits per heavy atom. The summed E-state index contributed by atoms with van der Waals surface area (Å²) in [5, 5.41) is 6.94. The van der Waals surface area contributed by atoms with Gasteiger partial charge in [-0.15, -0.1) is 0 Å². The molecule has 0 unspecified atom stereocenters. The summed E-state index contributed by atoms with van der Waals surface area (Å²) in [6.07, 6.45) is 1.56. The van der Waals surface area contributed by atoms with Crippen LogP contribution < -0.4 is 0 Å². The van der Waals surface area contributed by atoms with Gasteiger partial charge in [-0.3, -0.25) is 0 Å². The maximum Gasteiger partial charge on any atom is 0.0912 e. The molecular formula is C5H4N2. The molecule has 0 saturated heterocycles. The van der Waals surface area contributed by atoms with Crippen LogP contribution in [0.4, 0.5) is 0 Å². The van der Waals surface area contributed by atoms with Gasteiger partial charge < -0.3 is 5.41 Å². The number of nitrogens with one attached hydrogen (secondary N) is 1. The Morgan fingerprint density at radius 2 is 2.71 bits per heavy atom. The van der Waals surface area contributed by atoms with Gasteiger partial charge in [-0.2, -0.15) is 0 Å². The smallest absolute Gasteiger partial charge is 0.0912 e. The SMILES string of the molecule is N=C1C=C=C=NC1. The normalized spacial score (nSPS) is 15.7. The third kappa shape index (κ3) is 0.866. The van der Waals surface area contributed by atoms with Crippen LogP contribution in [0.1, 0.15) is 0 Å². The molecule has 0 spiro atoms. The van der Waals surface area contributed by atoms with Crippen LogP contribution in [-0.2, 0) is 0 Å². The molecule has 0 radical (unpaired) electrons. The van der Waals surface area contributed by atoms with E-state index in [9.17, 15) is 0 Å². The van der Waals surface area contributed by atoms with Crippen molar-refractivity contribution in [2.75, 3.05) is 6.54 Å². The van der Waals surface area contributed by atoms with Crippen LogP contribution in [0.15, 0.2) is 16.8 Å². The molecule has 34 valence electrons. The van der Waals surface area contributed by atoms with Crippen molar-refractivity contribution in [1.29, 1.82) is 5.41 Å². The molecule has 1 aliphatic heterocycles. The molecule has 0 aromatic heterocycles. The number of hydrogen-bond donors (Lipinski definition) is 1. The van der Waals surface area contributed by atoms with E-state index in [1.54, 1.807) is 6.08 Å². The van der Waals surface area contributed by atoms with Gasteiger partial charge >= 0.3 is 0 Å². The summed E-state index contributed by atoms with van der Waals surface area (Å²) in [6, 6.07) is 0. The third-order valence-electron chi connectivity index (χ3n) is 0.639. The van der Waals surface area contributed by atoms with Crippen molar-refractivity contribution in [3.63, 3.8) is 0 Å². The van der Waals surface area contributed by atoms with Gasteiger partial charge in [0.1, 0.15) is 0 Å². The van der Waals surface area contributed by atoms with E-state index >= 15 is 0 Å². The highest BCUT2D eigenvalue weighted by molar-refractivity contribution is 5.96. The monoisotopic (exact) mass is 92.0 g/mol. The maximum absolute atomic E-state index is 6.94. The van der Waals surface area contributed by atoms with E-state index in [0.717, 1.165) is 0 Å². The van der Waals surface area contributed by atoms with E-state index in [2.05, 4.69) is 16.6 Å². The van der Waals surface area contributed by atoms with Crippen molar-refractivity contribution >= 4 is 11.6 Å². The zero-order valence-corrected chi connectivity index (χ0v) is 3.73. The van der Waals surface area contributed by atoms with E-state index < -0.39 is 0 Å². The highest BCUT2D eigenvalue weighted by Gasteiger charge is 1.86. The quantitative estimate of drug-likeness (QED) is 0.420. The molecule has 1 heterocycles. The second-order valence-electron chi connectivity index (χ2n) is 1.24. The van der Waals surface area contributed by atoms with Gasteiger partial charge in [0.15, 0.2) is 0 Å². The van der Waals surface area contributed by atoms with Gasteiger partial charge in [0.05, 0.1) is 12.3 Å². The van der Waals surface area contributed by atoms with Crippen LogP contribution in [0.2, 0.25) is 0 Å². The van der Waals surface area contributed by atoms with Crippen molar-refractivity contribution < 1.29 is 0 Å². The van der Waals surface area contributed by atoms with E-state index in [-0.39, 0.29) is 0 Å². The second-order valence-corrected chi connectivity index (χ2v) is 1.24. The number of aliphatic imine (C=N–C) groups is 1. The molecule has 0 aliphatic carbocycles. The summed E-state index contributed by atoms with van der Waals surface area (Å²) in [5.41, 5.74) is 3.07. The minimum absolute atomic E-state index is 0.465. The summed E-state index contributed by atoms with van der Waals surface area (Å²) in [7, 11) is 0. The average Bonchev–Trinajstić information content (AvgIpc) is 1.69. The first-order valence-electron chi connectivity index (χ1n) is 1.97. The van der Waals surface area contributed by atoms with Gasteiger partial charge in [-0.1, -0.05) is 0 Å². The van der Waals surface area contributed by atoms with Crippen molar-refractivity contribution in [2.24, 2.45) is 4.99 Å². The molecule has 7 heavy (non-hydrogen) atoms. The molecule has 0 amide bonds. The van der Waals surface area contributed by atoms with Crippen LogP contribution in [0.25, 0.3) is 0 Å². The number of rotatable bonds is 0. The Morgan fingerprint density at radius 1 is 1.86 bits per heavy atom. The molecule has 1 aliphatic rings. The van der Waals surface area contributed by atoms with Crippen LogP contribution in [0.5, 0.6) is 0 Å². The van der Waals surface area contributed by atoms with E-state index in [4.69, 9.17) is 5.41 Å². The lowest BCUT2D eigenvalue weighted by Crippen LogP contribution is -1.96. The molecule has 1 N–H and O–H groups in total. The molecule has 0 aromatic rings. The van der Waals surface area contributed by atoms with Gasteiger partial charge in [-0.05, 0) is 5.73 Å². The average molecular weight is 92.1 g/mol. The standard InChI is InChI=1S/C5H4N2/c6-5-2-1-3-7-4-5/h2,6H,4H2. The molecule has 0 atom stereocenters. The predicted molar refractivity (Wildman–Crippen MR) is 28.1 cm³/mol. The lowest BCUT2D eigenvalue weighted by atomic mass is 10.3. The first kappa shape index (κ1) is 4.07. The van der Waals surface area contributed by atoms with E-state index in [1.165, 1.54) is 0 Å². The number of hydrogen-bond acceptors (Lipinski definition) is 2. The third-order valence-corrected chi connectivity index (χ3v) is 0.639. The van der Waals surface area contributed by atoms with Crippen molar-refractivity contribution in [1.82, 2.24) is 0 Å². The minimum atomic E-state index is 0.465. The predicted octanol–water partition coefficient (Wildman–Crippen LogP) is 0.401. The zero-order chi connectivity index (χ0) is 5.11. The summed E-state index contributed by atoms with van der Waals surface area (Å²) in [5.74, 6) is 2.49. The van der Waals surface area contributed by atoms with Crippen molar-refractivity contribution in [2.45, 2.75) is 0 Å². The lowest BCUT2D eigenvalue weighted by Gasteiger charge is -1.86. The molecule has 2 nitrogen and oxygen atoms in total. The fraction of sp³-hybridized carbons (Fsp3) is 0.200. The summed E-state index contributed by atoms with van der Waals surface area (Å²) in [4.78, 5) is 3.64. The molecule has 0 fully saturated rings. The van der Waals surface area contributed by atoms with E-state index in [1.807, 2.05) is 0 Å². The van der Waals surface area contributed by atoms with Gasteiger partial charge in [-0.25, -0.2) is 4.99 Å². The molecule has 2 heteroatoms. The second kappa shape index (κ2) is 1.57. The highest BCUT2D eigenvalue weighted by atomic mass is 14.7. The highest BCUT2D eigenvalue weighted by Crippen LogP contribution is 1.78. The Balaban J connectivity index is 2.99. The topological polar surface area (TPSA) is 36.2 Å². The molecule has 1 rings (SSSR count). The Hall–Kier alpha value is -1.10. The molecule has 0 saturated carbocycles. The molecular weight excluding hydrogens is 88.1 g/mol. The minimum Gasteiger partial charge on any atom is -0.303 e. The van der Waals surface area contributed by atoms with E-state index in [0.29, 0.717) is 12.3 Å². The van der Waals surface area contributed by atoms with Crippen LogP contribution in [0, 0.1) is 5.41 Å². The van der Waals surface area contributed by atoms with Gasteiger partial charge in [0.2, 0.25) is 0 Å². The first-order chi connectivity index (χ1) is 3.39.